The van der Waals surface area contributed by atoms with Crippen molar-refractivity contribution in [3.05, 3.63) is 77.9 Å². The van der Waals surface area contributed by atoms with E-state index in [2.05, 4.69) is 23.9 Å². The van der Waals surface area contributed by atoms with Gasteiger partial charge in [-0.1, -0.05) is 38.1 Å². The molecule has 176 valence electrons. The molecule has 8 heteroatoms. The number of aromatic nitrogens is 2. The molecule has 34 heavy (non-hydrogen) atoms. The van der Waals surface area contributed by atoms with E-state index in [9.17, 15) is 13.2 Å². The maximum Gasteiger partial charge on any atom is 0.261 e. The number of imidazole rings is 1. The van der Waals surface area contributed by atoms with Crippen molar-refractivity contribution in [1.29, 1.82) is 0 Å². The van der Waals surface area contributed by atoms with Crippen molar-refractivity contribution in [3.63, 3.8) is 0 Å². The van der Waals surface area contributed by atoms with Crippen molar-refractivity contribution >= 4 is 32.7 Å². The second-order valence-corrected chi connectivity index (χ2v) is 10.1. The zero-order valence-corrected chi connectivity index (χ0v) is 20.5. The standard InChI is InChI=1S/C26H28N4O3S/c1-5-27-26(31)20-8-6-19(7-9-20)25-28-23-16-21(12-15-24(23)30(25)4)29-34(32,33)22-13-10-18(11-14-22)17(2)3/h6-17,29H,5H2,1-4H3,(H,27,31). The van der Waals surface area contributed by atoms with E-state index in [-0.39, 0.29) is 10.8 Å². The normalized spacial score (nSPS) is 11.7. The van der Waals surface area contributed by atoms with Crippen LogP contribution in [0, 0.1) is 0 Å². The number of sulfonamides is 1. The summed E-state index contributed by atoms with van der Waals surface area (Å²) in [6.45, 7) is 6.58. The number of fused-ring (bicyclic) bond motifs is 1. The highest BCUT2D eigenvalue weighted by atomic mass is 32.2. The van der Waals surface area contributed by atoms with Gasteiger partial charge in [0.2, 0.25) is 0 Å². The Labute approximate surface area is 199 Å². The first-order chi connectivity index (χ1) is 16.2. The molecule has 0 fully saturated rings. The molecule has 0 atom stereocenters. The van der Waals surface area contributed by atoms with Crippen molar-refractivity contribution in [2.24, 2.45) is 7.05 Å². The monoisotopic (exact) mass is 476 g/mol. The van der Waals surface area contributed by atoms with Crippen LogP contribution in [0.5, 0.6) is 0 Å². The van der Waals surface area contributed by atoms with Crippen molar-refractivity contribution in [3.8, 4) is 11.4 Å². The van der Waals surface area contributed by atoms with Gasteiger partial charge in [0.05, 0.1) is 21.6 Å². The lowest BCUT2D eigenvalue weighted by Gasteiger charge is -2.10. The summed E-state index contributed by atoms with van der Waals surface area (Å²) >= 11 is 0. The third-order valence-corrected chi connectivity index (χ3v) is 7.13. The number of carbonyl (C=O) groups is 1. The smallest absolute Gasteiger partial charge is 0.261 e. The Morgan fingerprint density at radius 2 is 1.68 bits per heavy atom. The first-order valence-electron chi connectivity index (χ1n) is 11.2. The highest BCUT2D eigenvalue weighted by Gasteiger charge is 2.17. The first-order valence-corrected chi connectivity index (χ1v) is 12.7. The Kier molecular flexibility index (Phi) is 6.43. The Morgan fingerprint density at radius 3 is 2.29 bits per heavy atom. The number of hydrogen-bond acceptors (Lipinski definition) is 4. The Morgan fingerprint density at radius 1 is 1.00 bits per heavy atom. The minimum absolute atomic E-state index is 0.116. The minimum atomic E-state index is -3.72. The molecule has 4 rings (SSSR count). The molecule has 1 aromatic heterocycles. The van der Waals surface area contributed by atoms with Crippen LogP contribution in [0.2, 0.25) is 0 Å². The number of aryl methyl sites for hydroxylation is 1. The van der Waals surface area contributed by atoms with Gasteiger partial charge in [-0.3, -0.25) is 9.52 Å². The van der Waals surface area contributed by atoms with E-state index in [1.165, 1.54) is 0 Å². The van der Waals surface area contributed by atoms with Gasteiger partial charge in [-0.15, -0.1) is 0 Å². The van der Waals surface area contributed by atoms with Gasteiger partial charge in [0.25, 0.3) is 15.9 Å². The van der Waals surface area contributed by atoms with Crippen LogP contribution in [0.3, 0.4) is 0 Å². The maximum atomic E-state index is 12.9. The van der Waals surface area contributed by atoms with Crippen LogP contribution in [0.15, 0.2) is 71.6 Å². The summed E-state index contributed by atoms with van der Waals surface area (Å²) in [5.74, 6) is 0.937. The molecule has 4 aromatic rings. The van der Waals surface area contributed by atoms with Gasteiger partial charge in [0.1, 0.15) is 5.82 Å². The molecule has 0 saturated carbocycles. The van der Waals surface area contributed by atoms with Gasteiger partial charge in [0.15, 0.2) is 0 Å². The number of hydrogen-bond donors (Lipinski definition) is 2. The topological polar surface area (TPSA) is 93.1 Å². The van der Waals surface area contributed by atoms with E-state index in [0.29, 0.717) is 29.2 Å². The molecule has 0 aliphatic heterocycles. The summed E-state index contributed by atoms with van der Waals surface area (Å²) < 4.78 is 30.4. The Balaban J connectivity index is 1.61. The summed E-state index contributed by atoms with van der Waals surface area (Å²) in [6, 6.07) is 19.5. The third-order valence-electron chi connectivity index (χ3n) is 5.73. The second kappa shape index (κ2) is 9.30. The average Bonchev–Trinajstić information content (AvgIpc) is 3.14. The first kappa shape index (κ1) is 23.5. The fourth-order valence-electron chi connectivity index (χ4n) is 3.80. The lowest BCUT2D eigenvalue weighted by Crippen LogP contribution is -2.22. The predicted octanol–water partition coefficient (Wildman–Crippen LogP) is 4.91. The molecular weight excluding hydrogens is 448 g/mol. The van der Waals surface area contributed by atoms with E-state index in [4.69, 9.17) is 4.98 Å². The van der Waals surface area contributed by atoms with Crippen molar-refractivity contribution in [2.75, 3.05) is 11.3 Å². The third kappa shape index (κ3) is 4.68. The van der Waals surface area contributed by atoms with Gasteiger partial charge in [0, 0.05) is 24.7 Å². The molecule has 0 aliphatic carbocycles. The van der Waals surface area contributed by atoms with Gasteiger partial charge >= 0.3 is 0 Å². The average molecular weight is 477 g/mol. The highest BCUT2D eigenvalue weighted by molar-refractivity contribution is 7.92. The number of rotatable bonds is 7. The van der Waals surface area contributed by atoms with E-state index in [1.807, 2.05) is 48.9 Å². The summed E-state index contributed by atoms with van der Waals surface area (Å²) in [4.78, 5) is 16.9. The van der Waals surface area contributed by atoms with E-state index < -0.39 is 10.0 Å². The summed E-state index contributed by atoms with van der Waals surface area (Å²) in [7, 11) is -1.81. The number of carbonyl (C=O) groups excluding carboxylic acids is 1. The minimum Gasteiger partial charge on any atom is -0.352 e. The summed E-state index contributed by atoms with van der Waals surface area (Å²) in [5, 5.41) is 2.78. The Hall–Kier alpha value is -3.65. The summed E-state index contributed by atoms with van der Waals surface area (Å²) in [6.07, 6.45) is 0. The van der Waals surface area contributed by atoms with Gasteiger partial charge < -0.3 is 9.88 Å². The van der Waals surface area contributed by atoms with E-state index in [0.717, 1.165) is 22.5 Å². The zero-order chi connectivity index (χ0) is 24.5. The number of anilines is 1. The molecule has 7 nitrogen and oxygen atoms in total. The molecule has 0 spiro atoms. The quantitative estimate of drug-likeness (QED) is 0.396. The number of nitrogens with one attached hydrogen (secondary N) is 2. The molecular formula is C26H28N4O3S. The molecule has 0 saturated heterocycles. The SMILES string of the molecule is CCNC(=O)c1ccc(-c2nc3cc(NS(=O)(=O)c4ccc(C(C)C)cc4)ccc3n2C)cc1. The number of amides is 1. The van der Waals surface area contributed by atoms with Crippen LogP contribution in [-0.2, 0) is 17.1 Å². The van der Waals surface area contributed by atoms with Crippen LogP contribution in [-0.4, -0.2) is 30.4 Å². The molecule has 0 radical (unpaired) electrons. The number of benzene rings is 3. The van der Waals surface area contributed by atoms with Crippen LogP contribution >= 0.6 is 0 Å². The Bertz CT molecular complexity index is 1440. The van der Waals surface area contributed by atoms with Gasteiger partial charge in [-0.25, -0.2) is 13.4 Å². The van der Waals surface area contributed by atoms with Crippen LogP contribution in [0.1, 0.15) is 42.6 Å². The highest BCUT2D eigenvalue weighted by Crippen LogP contribution is 2.27. The zero-order valence-electron chi connectivity index (χ0n) is 19.7. The van der Waals surface area contributed by atoms with Crippen LogP contribution < -0.4 is 10.0 Å². The van der Waals surface area contributed by atoms with Crippen LogP contribution in [0.4, 0.5) is 5.69 Å². The fourth-order valence-corrected chi connectivity index (χ4v) is 4.85. The molecule has 0 unspecified atom stereocenters. The molecule has 1 heterocycles. The van der Waals surface area contributed by atoms with Gasteiger partial charge in [-0.05, 0) is 60.9 Å². The van der Waals surface area contributed by atoms with E-state index in [1.54, 1.807) is 36.4 Å². The summed E-state index contributed by atoms with van der Waals surface area (Å²) in [5.41, 5.74) is 4.51. The maximum absolute atomic E-state index is 12.9. The molecule has 2 N–H and O–H groups in total. The van der Waals surface area contributed by atoms with E-state index >= 15 is 0 Å². The second-order valence-electron chi connectivity index (χ2n) is 8.46. The van der Waals surface area contributed by atoms with Crippen molar-refractivity contribution in [2.45, 2.75) is 31.6 Å². The van der Waals surface area contributed by atoms with Crippen molar-refractivity contribution < 1.29 is 13.2 Å². The fraction of sp³-hybridized carbons (Fsp3) is 0.231. The molecule has 0 aliphatic rings. The largest absolute Gasteiger partial charge is 0.352 e. The molecule has 0 bridgehead atoms. The molecule has 3 aromatic carbocycles. The van der Waals surface area contributed by atoms with Crippen molar-refractivity contribution in [1.82, 2.24) is 14.9 Å². The van der Waals surface area contributed by atoms with Crippen LogP contribution in [0.25, 0.3) is 22.4 Å². The molecule has 1 amide bonds. The lowest BCUT2D eigenvalue weighted by atomic mass is 10.0. The predicted molar refractivity (Wildman–Crippen MR) is 135 cm³/mol. The van der Waals surface area contributed by atoms with Gasteiger partial charge in [-0.2, -0.15) is 0 Å². The number of nitrogens with zero attached hydrogens (tertiary/aromatic N) is 2. The lowest BCUT2D eigenvalue weighted by molar-refractivity contribution is 0.0956.